The standard InChI is InChI=1S/C13H13NO4S/c15-19(16,14-9-11-2-1-6-17-11)12-3-4-13-10(8-12)5-7-18-13/h1-4,6,8,14H,5,7,9H2. The van der Waals surface area contributed by atoms with E-state index in [1.807, 2.05) is 0 Å². The van der Waals surface area contributed by atoms with E-state index in [9.17, 15) is 8.42 Å². The van der Waals surface area contributed by atoms with Crippen LogP contribution in [-0.2, 0) is 23.0 Å². The number of benzene rings is 1. The van der Waals surface area contributed by atoms with Crippen LogP contribution in [0.4, 0.5) is 0 Å². The Labute approximate surface area is 111 Å². The SMILES string of the molecule is O=S(=O)(NCc1ccco1)c1ccc2c(c1)CCO2. The highest BCUT2D eigenvalue weighted by atomic mass is 32.2. The molecule has 0 atom stereocenters. The van der Waals surface area contributed by atoms with Gasteiger partial charge in [0.25, 0.3) is 0 Å². The number of nitrogens with one attached hydrogen (secondary N) is 1. The molecule has 3 rings (SSSR count). The molecule has 2 aromatic rings. The molecule has 1 aliphatic rings. The molecule has 19 heavy (non-hydrogen) atoms. The molecule has 0 fully saturated rings. The van der Waals surface area contributed by atoms with Crippen LogP contribution < -0.4 is 9.46 Å². The minimum absolute atomic E-state index is 0.142. The molecule has 0 unspecified atom stereocenters. The Morgan fingerprint density at radius 1 is 1.26 bits per heavy atom. The molecule has 0 bridgehead atoms. The van der Waals surface area contributed by atoms with Gasteiger partial charge in [0.2, 0.25) is 10.0 Å². The largest absolute Gasteiger partial charge is 0.493 e. The fourth-order valence-corrected chi connectivity index (χ4v) is 3.04. The van der Waals surface area contributed by atoms with Gasteiger partial charge >= 0.3 is 0 Å². The molecule has 6 heteroatoms. The van der Waals surface area contributed by atoms with Crippen LogP contribution >= 0.6 is 0 Å². The molecular formula is C13H13NO4S. The number of sulfonamides is 1. The second-order valence-electron chi connectivity index (χ2n) is 4.27. The summed E-state index contributed by atoms with van der Waals surface area (Å²) in [6.07, 6.45) is 2.26. The van der Waals surface area contributed by atoms with E-state index >= 15 is 0 Å². The van der Waals surface area contributed by atoms with Gasteiger partial charge in [0.15, 0.2) is 0 Å². The lowest BCUT2D eigenvalue weighted by Crippen LogP contribution is -2.23. The number of fused-ring (bicyclic) bond motifs is 1. The molecule has 1 aliphatic heterocycles. The first-order valence-corrected chi connectivity index (χ1v) is 7.41. The van der Waals surface area contributed by atoms with E-state index < -0.39 is 10.0 Å². The summed E-state index contributed by atoms with van der Waals surface area (Å²) in [5.41, 5.74) is 0.931. The number of furan rings is 1. The first-order valence-electron chi connectivity index (χ1n) is 5.93. The molecule has 1 N–H and O–H groups in total. The van der Waals surface area contributed by atoms with Crippen molar-refractivity contribution in [3.8, 4) is 5.75 Å². The average molecular weight is 279 g/mol. The molecule has 0 aliphatic carbocycles. The maximum absolute atomic E-state index is 12.1. The van der Waals surface area contributed by atoms with Crippen LogP contribution in [0.1, 0.15) is 11.3 Å². The predicted molar refractivity (Wildman–Crippen MR) is 68.4 cm³/mol. The second kappa shape index (κ2) is 4.71. The quantitative estimate of drug-likeness (QED) is 0.924. The third-order valence-electron chi connectivity index (χ3n) is 2.99. The molecular weight excluding hydrogens is 266 g/mol. The van der Waals surface area contributed by atoms with Crippen molar-refractivity contribution in [2.24, 2.45) is 0 Å². The molecule has 2 heterocycles. The Morgan fingerprint density at radius 3 is 2.95 bits per heavy atom. The highest BCUT2D eigenvalue weighted by Gasteiger charge is 2.19. The summed E-state index contributed by atoms with van der Waals surface area (Å²) in [5, 5.41) is 0. The van der Waals surface area contributed by atoms with Crippen molar-refractivity contribution in [3.05, 3.63) is 47.9 Å². The van der Waals surface area contributed by atoms with Crippen LogP contribution in [-0.4, -0.2) is 15.0 Å². The van der Waals surface area contributed by atoms with E-state index in [1.165, 1.54) is 6.26 Å². The molecule has 0 saturated carbocycles. The van der Waals surface area contributed by atoms with Crippen molar-refractivity contribution in [3.63, 3.8) is 0 Å². The predicted octanol–water partition coefficient (Wildman–Crippen LogP) is 1.69. The van der Waals surface area contributed by atoms with Crippen LogP contribution in [0.3, 0.4) is 0 Å². The molecule has 1 aromatic heterocycles. The minimum Gasteiger partial charge on any atom is -0.493 e. The zero-order valence-electron chi connectivity index (χ0n) is 10.1. The van der Waals surface area contributed by atoms with Gasteiger partial charge in [-0.05, 0) is 35.9 Å². The zero-order valence-corrected chi connectivity index (χ0v) is 10.9. The van der Waals surface area contributed by atoms with E-state index in [0.29, 0.717) is 12.4 Å². The van der Waals surface area contributed by atoms with Crippen LogP contribution in [0.5, 0.6) is 5.75 Å². The number of rotatable bonds is 4. The van der Waals surface area contributed by atoms with E-state index in [4.69, 9.17) is 9.15 Å². The van der Waals surface area contributed by atoms with Gasteiger partial charge in [-0.15, -0.1) is 0 Å². The maximum atomic E-state index is 12.1. The normalized spacial score (nSPS) is 14.1. The van der Waals surface area contributed by atoms with Crippen LogP contribution in [0.15, 0.2) is 45.9 Å². The lowest BCUT2D eigenvalue weighted by molar-refractivity contribution is 0.356. The van der Waals surface area contributed by atoms with Gasteiger partial charge < -0.3 is 9.15 Å². The monoisotopic (exact) mass is 279 g/mol. The van der Waals surface area contributed by atoms with Crippen molar-refractivity contribution >= 4 is 10.0 Å². The molecule has 100 valence electrons. The smallest absolute Gasteiger partial charge is 0.240 e. The average Bonchev–Trinajstić information content (AvgIpc) is 3.06. The fraction of sp³-hybridized carbons (Fsp3) is 0.231. The van der Waals surface area contributed by atoms with Crippen molar-refractivity contribution < 1.29 is 17.6 Å². The van der Waals surface area contributed by atoms with Gasteiger partial charge in [-0.1, -0.05) is 0 Å². The summed E-state index contributed by atoms with van der Waals surface area (Å²) in [6.45, 7) is 0.752. The Morgan fingerprint density at radius 2 is 2.16 bits per heavy atom. The summed E-state index contributed by atoms with van der Waals surface area (Å²) >= 11 is 0. The van der Waals surface area contributed by atoms with Crippen molar-refractivity contribution in [1.29, 1.82) is 0 Å². The van der Waals surface area contributed by atoms with E-state index in [2.05, 4.69) is 4.72 Å². The molecule has 5 nitrogen and oxygen atoms in total. The minimum atomic E-state index is -3.52. The Hall–Kier alpha value is -1.79. The van der Waals surface area contributed by atoms with Gasteiger partial charge in [0.05, 0.1) is 24.3 Å². The first kappa shape index (κ1) is 12.3. The molecule has 0 amide bonds. The Balaban J connectivity index is 1.80. The number of ether oxygens (including phenoxy) is 1. The second-order valence-corrected chi connectivity index (χ2v) is 6.04. The van der Waals surface area contributed by atoms with E-state index in [-0.39, 0.29) is 11.4 Å². The fourth-order valence-electron chi connectivity index (χ4n) is 1.99. The Bertz CT molecular complexity index is 677. The molecule has 0 spiro atoms. The molecule has 0 radical (unpaired) electrons. The van der Waals surface area contributed by atoms with Crippen LogP contribution in [0, 0.1) is 0 Å². The van der Waals surface area contributed by atoms with E-state index in [0.717, 1.165) is 17.7 Å². The molecule has 0 saturated heterocycles. The molecule has 1 aromatic carbocycles. The number of hydrogen-bond donors (Lipinski definition) is 1. The van der Waals surface area contributed by atoms with Crippen molar-refractivity contribution in [1.82, 2.24) is 4.72 Å². The summed E-state index contributed by atoms with van der Waals surface area (Å²) < 4.78 is 37.2. The van der Waals surface area contributed by atoms with Gasteiger partial charge in [-0.2, -0.15) is 0 Å². The van der Waals surface area contributed by atoms with Gasteiger partial charge in [0.1, 0.15) is 11.5 Å². The van der Waals surface area contributed by atoms with Crippen molar-refractivity contribution in [2.75, 3.05) is 6.61 Å². The lowest BCUT2D eigenvalue weighted by Gasteiger charge is -2.06. The zero-order chi connectivity index (χ0) is 13.3. The topological polar surface area (TPSA) is 68.5 Å². The summed E-state index contributed by atoms with van der Waals surface area (Å²) in [4.78, 5) is 0.253. The third kappa shape index (κ3) is 2.50. The van der Waals surface area contributed by atoms with Gasteiger partial charge in [-0.3, -0.25) is 0 Å². The summed E-state index contributed by atoms with van der Waals surface area (Å²) in [5.74, 6) is 1.35. The highest BCUT2D eigenvalue weighted by molar-refractivity contribution is 7.89. The first-order chi connectivity index (χ1) is 9.15. The third-order valence-corrected chi connectivity index (χ3v) is 4.39. The van der Waals surface area contributed by atoms with Crippen LogP contribution in [0.25, 0.3) is 0 Å². The number of hydrogen-bond acceptors (Lipinski definition) is 4. The lowest BCUT2D eigenvalue weighted by atomic mass is 10.2. The Kier molecular flexibility index (Phi) is 3.04. The highest BCUT2D eigenvalue weighted by Crippen LogP contribution is 2.27. The van der Waals surface area contributed by atoms with Gasteiger partial charge in [0, 0.05) is 6.42 Å². The van der Waals surface area contributed by atoms with E-state index in [1.54, 1.807) is 30.3 Å². The maximum Gasteiger partial charge on any atom is 0.240 e. The summed E-state index contributed by atoms with van der Waals surface area (Å²) in [7, 11) is -3.52. The summed E-state index contributed by atoms with van der Waals surface area (Å²) in [6, 6.07) is 8.35. The van der Waals surface area contributed by atoms with Crippen molar-refractivity contribution in [2.45, 2.75) is 17.9 Å². The van der Waals surface area contributed by atoms with Crippen LogP contribution in [0.2, 0.25) is 0 Å². The van der Waals surface area contributed by atoms with Gasteiger partial charge in [-0.25, -0.2) is 13.1 Å².